The number of hydrogen-bond acceptors (Lipinski definition) is 4. The summed E-state index contributed by atoms with van der Waals surface area (Å²) in [6, 6.07) is 1.94. The first-order valence-electron chi connectivity index (χ1n) is 6.57. The maximum absolute atomic E-state index is 12.2. The lowest BCUT2D eigenvalue weighted by molar-refractivity contribution is 0.0281. The Hall–Kier alpha value is -0.230. The third-order valence-corrected chi connectivity index (χ3v) is 5.96. The molecule has 0 bridgehead atoms. The summed E-state index contributed by atoms with van der Waals surface area (Å²) < 4.78 is 0.918. The summed E-state index contributed by atoms with van der Waals surface area (Å²) in [5.74, 6) is 0.206. The van der Waals surface area contributed by atoms with Crippen molar-refractivity contribution in [3.63, 3.8) is 0 Å². The highest BCUT2D eigenvalue weighted by molar-refractivity contribution is 9.10. The molecule has 1 aromatic rings. The maximum Gasteiger partial charge on any atom is 0.187 e. The monoisotopic (exact) mass is 344 g/mol. The number of rotatable bonds is 6. The lowest BCUT2D eigenvalue weighted by Crippen LogP contribution is -2.57. The molecule has 1 aliphatic carbocycles. The molecule has 5 heteroatoms. The molecule has 2 rings (SSSR count). The van der Waals surface area contributed by atoms with Crippen molar-refractivity contribution in [2.75, 3.05) is 34.2 Å². The van der Waals surface area contributed by atoms with Crippen molar-refractivity contribution in [3.05, 3.63) is 20.8 Å². The Kier molecular flexibility index (Phi) is 4.82. The molecular weight excluding hydrogens is 324 g/mol. The standard InChI is InChI=1S/C14H21BrN2OS/c1-16(2)14(6-4-7-14)10-17(3)9-12(18)13-11(15)5-8-19-13/h5,8H,4,6-7,9-10H2,1-3H3. The second kappa shape index (κ2) is 6.04. The van der Waals surface area contributed by atoms with E-state index in [-0.39, 0.29) is 11.3 Å². The molecule has 0 atom stereocenters. The molecule has 0 unspecified atom stereocenters. The average molecular weight is 345 g/mol. The molecular formula is C14H21BrN2OS. The summed E-state index contributed by atoms with van der Waals surface area (Å²) in [5.41, 5.74) is 0.279. The van der Waals surface area contributed by atoms with Gasteiger partial charge in [0.05, 0.1) is 11.4 Å². The van der Waals surface area contributed by atoms with Crippen LogP contribution >= 0.6 is 27.3 Å². The fourth-order valence-electron chi connectivity index (χ4n) is 2.70. The summed E-state index contributed by atoms with van der Waals surface area (Å²) in [7, 11) is 6.33. The van der Waals surface area contributed by atoms with E-state index in [1.54, 1.807) is 0 Å². The largest absolute Gasteiger partial charge is 0.302 e. The molecule has 0 aromatic carbocycles. The molecule has 1 aliphatic rings. The Morgan fingerprint density at radius 1 is 1.42 bits per heavy atom. The minimum Gasteiger partial charge on any atom is -0.302 e. The Balaban J connectivity index is 1.93. The van der Waals surface area contributed by atoms with Crippen molar-refractivity contribution in [2.45, 2.75) is 24.8 Å². The number of Topliss-reactive ketones (excluding diaryl/α,β-unsaturated/α-hetero) is 1. The highest BCUT2D eigenvalue weighted by atomic mass is 79.9. The first kappa shape index (κ1) is 15.2. The Morgan fingerprint density at radius 3 is 2.53 bits per heavy atom. The van der Waals surface area contributed by atoms with Gasteiger partial charge in [0.2, 0.25) is 0 Å². The van der Waals surface area contributed by atoms with Crippen LogP contribution in [0.25, 0.3) is 0 Å². The van der Waals surface area contributed by atoms with E-state index in [4.69, 9.17) is 0 Å². The van der Waals surface area contributed by atoms with Crippen molar-refractivity contribution in [3.8, 4) is 0 Å². The molecule has 3 nitrogen and oxygen atoms in total. The quantitative estimate of drug-likeness (QED) is 0.740. The van der Waals surface area contributed by atoms with Gasteiger partial charge in [-0.2, -0.15) is 0 Å². The molecule has 0 amide bonds. The van der Waals surface area contributed by atoms with Crippen LogP contribution in [0.2, 0.25) is 0 Å². The number of carbonyl (C=O) groups is 1. The Labute approximate surface area is 127 Å². The smallest absolute Gasteiger partial charge is 0.187 e. The van der Waals surface area contributed by atoms with Crippen molar-refractivity contribution < 1.29 is 4.79 Å². The van der Waals surface area contributed by atoms with E-state index >= 15 is 0 Å². The molecule has 1 fully saturated rings. The van der Waals surface area contributed by atoms with Gasteiger partial charge in [-0.25, -0.2) is 0 Å². The minimum absolute atomic E-state index is 0.206. The fourth-order valence-corrected chi connectivity index (χ4v) is 4.23. The second-order valence-corrected chi connectivity index (χ2v) is 7.44. The van der Waals surface area contributed by atoms with E-state index in [9.17, 15) is 4.79 Å². The fraction of sp³-hybridized carbons (Fsp3) is 0.643. The Morgan fingerprint density at radius 2 is 2.11 bits per heavy atom. The van der Waals surface area contributed by atoms with Crippen LogP contribution in [0.5, 0.6) is 0 Å². The van der Waals surface area contributed by atoms with Crippen LogP contribution in [0.3, 0.4) is 0 Å². The predicted octanol–water partition coefficient (Wildman–Crippen LogP) is 3.11. The average Bonchev–Trinajstić information content (AvgIpc) is 2.69. The molecule has 0 N–H and O–H groups in total. The topological polar surface area (TPSA) is 23.6 Å². The van der Waals surface area contributed by atoms with E-state index in [1.807, 2.05) is 18.5 Å². The summed E-state index contributed by atoms with van der Waals surface area (Å²) in [5, 5.41) is 1.95. The van der Waals surface area contributed by atoms with Crippen molar-refractivity contribution in [1.29, 1.82) is 0 Å². The first-order chi connectivity index (χ1) is 8.94. The number of likely N-dealkylation sites (N-methyl/N-ethyl adjacent to an activating group) is 2. The van der Waals surface area contributed by atoms with Crippen LogP contribution in [-0.2, 0) is 0 Å². The third kappa shape index (κ3) is 3.27. The number of ketones is 1. The van der Waals surface area contributed by atoms with Crippen LogP contribution in [-0.4, -0.2) is 55.4 Å². The van der Waals surface area contributed by atoms with Gasteiger partial charge in [-0.15, -0.1) is 11.3 Å². The van der Waals surface area contributed by atoms with Gasteiger partial charge in [0.1, 0.15) is 0 Å². The van der Waals surface area contributed by atoms with Crippen LogP contribution < -0.4 is 0 Å². The lowest BCUT2D eigenvalue weighted by Gasteiger charge is -2.49. The van der Waals surface area contributed by atoms with Gasteiger partial charge in [0.15, 0.2) is 5.78 Å². The molecule has 106 valence electrons. The summed E-state index contributed by atoms with van der Waals surface area (Å²) in [6.07, 6.45) is 3.78. The zero-order chi connectivity index (χ0) is 14.0. The number of nitrogens with zero attached hydrogens (tertiary/aromatic N) is 2. The number of hydrogen-bond donors (Lipinski definition) is 0. The maximum atomic E-state index is 12.2. The summed E-state index contributed by atoms with van der Waals surface area (Å²) in [4.78, 5) is 17.5. The molecule has 19 heavy (non-hydrogen) atoms. The van der Waals surface area contributed by atoms with E-state index in [1.165, 1.54) is 30.6 Å². The van der Waals surface area contributed by atoms with Gasteiger partial charge in [0.25, 0.3) is 0 Å². The van der Waals surface area contributed by atoms with Gasteiger partial charge < -0.3 is 4.90 Å². The van der Waals surface area contributed by atoms with E-state index in [0.29, 0.717) is 6.54 Å². The normalized spacial score (nSPS) is 17.8. The van der Waals surface area contributed by atoms with E-state index in [0.717, 1.165) is 15.9 Å². The van der Waals surface area contributed by atoms with Gasteiger partial charge in [-0.05, 0) is 67.8 Å². The van der Waals surface area contributed by atoms with Crippen molar-refractivity contribution >= 4 is 33.0 Å². The van der Waals surface area contributed by atoms with Crippen molar-refractivity contribution in [2.24, 2.45) is 0 Å². The van der Waals surface area contributed by atoms with Gasteiger partial charge in [0, 0.05) is 16.6 Å². The molecule has 0 spiro atoms. The third-order valence-electron chi connectivity index (χ3n) is 4.08. The highest BCUT2D eigenvalue weighted by Gasteiger charge is 2.39. The van der Waals surface area contributed by atoms with E-state index < -0.39 is 0 Å². The molecule has 0 radical (unpaired) electrons. The van der Waals surface area contributed by atoms with Gasteiger partial charge in [-0.3, -0.25) is 9.69 Å². The molecule has 1 heterocycles. The number of thiophene rings is 1. The number of carbonyl (C=O) groups excluding carboxylic acids is 1. The molecule has 0 aliphatic heterocycles. The Bertz CT molecular complexity index is 454. The van der Waals surface area contributed by atoms with Crippen LogP contribution in [0.4, 0.5) is 0 Å². The van der Waals surface area contributed by atoms with Crippen molar-refractivity contribution in [1.82, 2.24) is 9.80 Å². The first-order valence-corrected chi connectivity index (χ1v) is 8.24. The van der Waals surface area contributed by atoms with E-state index in [2.05, 4.69) is 39.8 Å². The number of halogens is 1. The molecule has 1 saturated carbocycles. The minimum atomic E-state index is 0.206. The zero-order valence-corrected chi connectivity index (χ0v) is 14.2. The van der Waals surface area contributed by atoms with Crippen LogP contribution in [0.15, 0.2) is 15.9 Å². The summed E-state index contributed by atoms with van der Waals surface area (Å²) >= 11 is 4.94. The SMILES string of the molecule is CN(CC(=O)c1sccc1Br)CC1(N(C)C)CCC1. The highest BCUT2D eigenvalue weighted by Crippen LogP contribution is 2.36. The van der Waals surface area contributed by atoms with Crippen LogP contribution in [0, 0.1) is 0 Å². The summed E-state index contributed by atoms with van der Waals surface area (Å²) in [6.45, 7) is 1.46. The predicted molar refractivity (Wildman–Crippen MR) is 84.1 cm³/mol. The van der Waals surface area contributed by atoms with Gasteiger partial charge in [-0.1, -0.05) is 0 Å². The molecule has 0 saturated heterocycles. The zero-order valence-electron chi connectivity index (χ0n) is 11.8. The molecule has 1 aromatic heterocycles. The second-order valence-electron chi connectivity index (χ2n) is 5.67. The van der Waals surface area contributed by atoms with Crippen LogP contribution in [0.1, 0.15) is 28.9 Å². The van der Waals surface area contributed by atoms with Gasteiger partial charge >= 0.3 is 0 Å². The lowest BCUT2D eigenvalue weighted by atomic mass is 9.75.